The number of benzene rings is 2. The van der Waals surface area contributed by atoms with E-state index in [1.807, 2.05) is 6.07 Å². The second kappa shape index (κ2) is 7.93. The summed E-state index contributed by atoms with van der Waals surface area (Å²) in [5.41, 5.74) is 2.60. The third kappa shape index (κ3) is 4.42. The van der Waals surface area contributed by atoms with Crippen molar-refractivity contribution in [1.82, 2.24) is 4.90 Å². The Balaban J connectivity index is 1.44. The third-order valence-electron chi connectivity index (χ3n) is 4.37. The number of hydrogen-bond donors (Lipinski definition) is 0. The Kier molecular flexibility index (Phi) is 5.43. The van der Waals surface area contributed by atoms with Crippen LogP contribution in [0.5, 0.6) is 0 Å². The van der Waals surface area contributed by atoms with Crippen molar-refractivity contribution in [2.75, 3.05) is 26.2 Å². The minimum absolute atomic E-state index is 0.423. The summed E-state index contributed by atoms with van der Waals surface area (Å²) in [5.74, 6) is 0. The molecule has 0 saturated carbocycles. The molecule has 0 bridgehead atoms. The molecule has 0 aliphatic carbocycles. The van der Waals surface area contributed by atoms with Crippen molar-refractivity contribution in [3.8, 4) is 0 Å². The van der Waals surface area contributed by atoms with E-state index in [1.54, 1.807) is 0 Å². The molecule has 0 spiro atoms. The number of nitrogens with zero attached hydrogens (tertiary/aromatic N) is 2. The standard InChI is InChI=1S/C20H25N2O/c1-18(20-10-6-3-7-11-20)22-13-12-21(17-22)14-15-23-16-19-8-4-2-5-9-19/h2-11,17-18H,12-16H2,1H3/q+1/t18-/m1/s1. The Morgan fingerprint density at radius 3 is 2.48 bits per heavy atom. The summed E-state index contributed by atoms with van der Waals surface area (Å²) in [7, 11) is 0. The maximum absolute atomic E-state index is 5.78. The van der Waals surface area contributed by atoms with Gasteiger partial charge in [-0.1, -0.05) is 60.7 Å². The molecule has 1 atom stereocenters. The van der Waals surface area contributed by atoms with Gasteiger partial charge in [0.1, 0.15) is 25.7 Å². The molecule has 3 heteroatoms. The SMILES string of the molecule is C[C@H](c1ccccc1)N1C=[N+](CCOCc2ccccc2)CC1. The van der Waals surface area contributed by atoms with E-state index in [1.165, 1.54) is 11.1 Å². The van der Waals surface area contributed by atoms with Crippen LogP contribution in [-0.2, 0) is 11.3 Å². The Hall–Kier alpha value is -2.13. The molecule has 1 heterocycles. The molecule has 2 aromatic rings. The zero-order chi connectivity index (χ0) is 15.9. The molecule has 2 aromatic carbocycles. The van der Waals surface area contributed by atoms with Gasteiger partial charge in [-0.3, -0.25) is 9.48 Å². The van der Waals surface area contributed by atoms with Crippen molar-refractivity contribution in [1.29, 1.82) is 0 Å². The molecule has 3 rings (SSSR count). The molecule has 0 saturated heterocycles. The summed E-state index contributed by atoms with van der Waals surface area (Å²) < 4.78 is 8.13. The summed E-state index contributed by atoms with van der Waals surface area (Å²) in [6.07, 6.45) is 2.25. The van der Waals surface area contributed by atoms with E-state index >= 15 is 0 Å². The Labute approximate surface area is 138 Å². The molecule has 0 radical (unpaired) electrons. The van der Waals surface area contributed by atoms with Gasteiger partial charge >= 0.3 is 0 Å². The van der Waals surface area contributed by atoms with E-state index in [4.69, 9.17) is 4.74 Å². The highest BCUT2D eigenvalue weighted by molar-refractivity contribution is 5.51. The fourth-order valence-corrected chi connectivity index (χ4v) is 2.90. The van der Waals surface area contributed by atoms with Crippen LogP contribution in [-0.4, -0.2) is 42.1 Å². The largest absolute Gasteiger partial charge is 0.373 e. The zero-order valence-corrected chi connectivity index (χ0v) is 13.8. The van der Waals surface area contributed by atoms with E-state index in [0.29, 0.717) is 12.6 Å². The summed E-state index contributed by atoms with van der Waals surface area (Å²) >= 11 is 0. The van der Waals surface area contributed by atoms with Crippen molar-refractivity contribution in [3.05, 3.63) is 71.8 Å². The molecule has 1 aliphatic heterocycles. The van der Waals surface area contributed by atoms with Gasteiger partial charge in [0.2, 0.25) is 6.34 Å². The molecule has 1 aliphatic rings. The first-order valence-electron chi connectivity index (χ1n) is 8.34. The van der Waals surface area contributed by atoms with Crippen LogP contribution in [0.3, 0.4) is 0 Å². The van der Waals surface area contributed by atoms with Crippen molar-refractivity contribution in [3.63, 3.8) is 0 Å². The Morgan fingerprint density at radius 1 is 1.04 bits per heavy atom. The zero-order valence-electron chi connectivity index (χ0n) is 13.8. The van der Waals surface area contributed by atoms with Crippen LogP contribution in [0.25, 0.3) is 0 Å². The first-order valence-corrected chi connectivity index (χ1v) is 8.34. The van der Waals surface area contributed by atoms with E-state index in [-0.39, 0.29) is 0 Å². The molecule has 0 unspecified atom stereocenters. The van der Waals surface area contributed by atoms with Gasteiger partial charge in [-0.2, -0.15) is 0 Å². The predicted molar refractivity (Wildman–Crippen MR) is 93.7 cm³/mol. The van der Waals surface area contributed by atoms with Crippen molar-refractivity contribution in [2.24, 2.45) is 0 Å². The molecule has 3 nitrogen and oxygen atoms in total. The molecular weight excluding hydrogens is 284 g/mol. The van der Waals surface area contributed by atoms with Gasteiger partial charge in [0.15, 0.2) is 0 Å². The molecule has 23 heavy (non-hydrogen) atoms. The molecule has 0 fully saturated rings. The van der Waals surface area contributed by atoms with Crippen LogP contribution in [0.4, 0.5) is 0 Å². The Morgan fingerprint density at radius 2 is 1.74 bits per heavy atom. The lowest BCUT2D eigenvalue weighted by molar-refractivity contribution is -0.517. The van der Waals surface area contributed by atoms with Crippen LogP contribution < -0.4 is 0 Å². The van der Waals surface area contributed by atoms with Gasteiger partial charge in [0.05, 0.1) is 13.2 Å². The maximum atomic E-state index is 5.78. The van der Waals surface area contributed by atoms with Crippen LogP contribution in [0, 0.1) is 0 Å². The van der Waals surface area contributed by atoms with Gasteiger partial charge in [-0.15, -0.1) is 0 Å². The summed E-state index contributed by atoms with van der Waals surface area (Å²) in [6, 6.07) is 21.4. The maximum Gasteiger partial charge on any atom is 0.234 e. The second-order valence-corrected chi connectivity index (χ2v) is 6.01. The van der Waals surface area contributed by atoms with Gasteiger partial charge in [-0.05, 0) is 18.1 Å². The fourth-order valence-electron chi connectivity index (χ4n) is 2.90. The molecule has 0 aromatic heterocycles. The highest BCUT2D eigenvalue weighted by Gasteiger charge is 2.25. The first kappa shape index (κ1) is 15.8. The second-order valence-electron chi connectivity index (χ2n) is 6.01. The predicted octanol–water partition coefficient (Wildman–Crippen LogP) is 3.32. The number of ether oxygens (including phenoxy) is 1. The quantitative estimate of drug-likeness (QED) is 0.576. The van der Waals surface area contributed by atoms with Crippen LogP contribution in [0.15, 0.2) is 60.7 Å². The van der Waals surface area contributed by atoms with Crippen LogP contribution in [0.1, 0.15) is 24.1 Å². The lowest BCUT2D eigenvalue weighted by Gasteiger charge is -2.16. The van der Waals surface area contributed by atoms with Gasteiger partial charge in [-0.25, -0.2) is 0 Å². The number of hydrogen-bond acceptors (Lipinski definition) is 2. The molecule has 0 amide bonds. The lowest BCUT2D eigenvalue weighted by Crippen LogP contribution is -2.23. The van der Waals surface area contributed by atoms with Crippen molar-refractivity contribution < 1.29 is 9.31 Å². The average Bonchev–Trinajstić information content (AvgIpc) is 3.09. The highest BCUT2D eigenvalue weighted by Crippen LogP contribution is 2.19. The van der Waals surface area contributed by atoms with Gasteiger partial charge < -0.3 is 4.74 Å². The smallest absolute Gasteiger partial charge is 0.234 e. The van der Waals surface area contributed by atoms with E-state index in [9.17, 15) is 0 Å². The minimum Gasteiger partial charge on any atom is -0.373 e. The van der Waals surface area contributed by atoms with Crippen LogP contribution in [0.2, 0.25) is 0 Å². The van der Waals surface area contributed by atoms with Crippen molar-refractivity contribution >= 4 is 6.34 Å². The van der Waals surface area contributed by atoms with Gasteiger partial charge in [0.25, 0.3) is 0 Å². The normalized spacial score (nSPS) is 15.5. The van der Waals surface area contributed by atoms with Crippen molar-refractivity contribution in [2.45, 2.75) is 19.6 Å². The summed E-state index contributed by atoms with van der Waals surface area (Å²) in [6.45, 7) is 6.82. The summed E-state index contributed by atoms with van der Waals surface area (Å²) in [5, 5.41) is 0. The monoisotopic (exact) mass is 309 g/mol. The summed E-state index contributed by atoms with van der Waals surface area (Å²) in [4.78, 5) is 2.41. The highest BCUT2D eigenvalue weighted by atomic mass is 16.5. The van der Waals surface area contributed by atoms with E-state index in [0.717, 1.165) is 26.2 Å². The average molecular weight is 309 g/mol. The van der Waals surface area contributed by atoms with Crippen LogP contribution >= 0.6 is 0 Å². The lowest BCUT2D eigenvalue weighted by atomic mass is 10.1. The molecule has 120 valence electrons. The third-order valence-corrected chi connectivity index (χ3v) is 4.37. The first-order chi connectivity index (χ1) is 11.3. The molecular formula is C20H25N2O+. The molecule has 0 N–H and O–H groups in total. The number of rotatable bonds is 7. The fraction of sp³-hybridized carbons (Fsp3) is 0.350. The Bertz CT molecular complexity index is 625. The topological polar surface area (TPSA) is 15.5 Å². The minimum atomic E-state index is 0.423. The van der Waals surface area contributed by atoms with Gasteiger partial charge in [0, 0.05) is 0 Å². The van der Waals surface area contributed by atoms with E-state index in [2.05, 4.69) is 77.3 Å². The van der Waals surface area contributed by atoms with E-state index < -0.39 is 0 Å².